The number of hydrogen-bond acceptors (Lipinski definition) is 3. The van der Waals surface area contributed by atoms with Crippen LogP contribution in [0.5, 0.6) is 0 Å². The molecule has 0 saturated heterocycles. The summed E-state index contributed by atoms with van der Waals surface area (Å²) >= 11 is 0. The Kier molecular flexibility index (Phi) is 2.83. The Balaban J connectivity index is 1.93. The van der Waals surface area contributed by atoms with Gasteiger partial charge in [0, 0.05) is 17.8 Å². The van der Waals surface area contributed by atoms with Crippen LogP contribution in [0.1, 0.15) is 29.6 Å². The Bertz CT molecular complexity index is 400. The van der Waals surface area contributed by atoms with E-state index < -0.39 is 5.60 Å². The van der Waals surface area contributed by atoms with Crippen molar-refractivity contribution in [2.75, 3.05) is 12.3 Å². The highest BCUT2D eigenvalue weighted by molar-refractivity contribution is 5.95. The third-order valence-corrected chi connectivity index (χ3v) is 3.01. The zero-order valence-electron chi connectivity index (χ0n) is 9.07. The monoisotopic (exact) mass is 220 g/mol. The second-order valence-electron chi connectivity index (χ2n) is 4.39. The molecule has 1 fully saturated rings. The van der Waals surface area contributed by atoms with Crippen LogP contribution in [0.15, 0.2) is 24.3 Å². The van der Waals surface area contributed by atoms with Crippen LogP contribution >= 0.6 is 0 Å². The molecule has 1 aliphatic rings. The fourth-order valence-electron chi connectivity index (χ4n) is 1.79. The van der Waals surface area contributed by atoms with Crippen molar-refractivity contribution in [3.05, 3.63) is 29.8 Å². The Morgan fingerprint density at radius 3 is 2.81 bits per heavy atom. The second-order valence-corrected chi connectivity index (χ2v) is 4.39. The van der Waals surface area contributed by atoms with Gasteiger partial charge in [-0.05, 0) is 37.5 Å². The maximum Gasteiger partial charge on any atom is 0.251 e. The standard InChI is InChI=1S/C12H16N2O2/c13-10-4-1-3-9(7-10)11(15)14-8-12(16)5-2-6-12/h1,3-4,7,16H,2,5-6,8,13H2,(H,14,15). The van der Waals surface area contributed by atoms with Gasteiger partial charge in [0.2, 0.25) is 0 Å². The molecular weight excluding hydrogens is 204 g/mol. The van der Waals surface area contributed by atoms with Crippen LogP contribution in [0.25, 0.3) is 0 Å². The molecule has 0 aliphatic heterocycles. The molecule has 2 rings (SSSR count). The zero-order chi connectivity index (χ0) is 11.6. The number of anilines is 1. The fraction of sp³-hybridized carbons (Fsp3) is 0.417. The summed E-state index contributed by atoms with van der Waals surface area (Å²) in [5, 5.41) is 12.5. The average Bonchev–Trinajstić information content (AvgIpc) is 2.23. The summed E-state index contributed by atoms with van der Waals surface area (Å²) in [6, 6.07) is 6.80. The number of carbonyl (C=O) groups is 1. The van der Waals surface area contributed by atoms with E-state index in [9.17, 15) is 9.90 Å². The van der Waals surface area contributed by atoms with Gasteiger partial charge in [-0.25, -0.2) is 0 Å². The summed E-state index contributed by atoms with van der Waals surface area (Å²) in [6.07, 6.45) is 2.57. The summed E-state index contributed by atoms with van der Waals surface area (Å²) in [4.78, 5) is 11.7. The molecule has 86 valence electrons. The molecule has 4 N–H and O–H groups in total. The molecule has 0 radical (unpaired) electrons. The molecule has 4 nitrogen and oxygen atoms in total. The molecule has 0 heterocycles. The van der Waals surface area contributed by atoms with Gasteiger partial charge in [0.15, 0.2) is 0 Å². The predicted molar refractivity (Wildman–Crippen MR) is 62.0 cm³/mol. The van der Waals surface area contributed by atoms with E-state index in [0.29, 0.717) is 17.8 Å². The normalized spacial score (nSPS) is 17.6. The number of aliphatic hydroxyl groups is 1. The minimum absolute atomic E-state index is 0.187. The molecule has 4 heteroatoms. The van der Waals surface area contributed by atoms with Gasteiger partial charge in [0.05, 0.1) is 5.60 Å². The van der Waals surface area contributed by atoms with Gasteiger partial charge in [-0.2, -0.15) is 0 Å². The van der Waals surface area contributed by atoms with E-state index >= 15 is 0 Å². The largest absolute Gasteiger partial charge is 0.399 e. The van der Waals surface area contributed by atoms with E-state index in [1.165, 1.54) is 0 Å². The van der Waals surface area contributed by atoms with Crippen LogP contribution in [-0.2, 0) is 0 Å². The van der Waals surface area contributed by atoms with Gasteiger partial charge in [-0.15, -0.1) is 0 Å². The first-order chi connectivity index (χ1) is 7.59. The van der Waals surface area contributed by atoms with Crippen LogP contribution in [0.2, 0.25) is 0 Å². The Morgan fingerprint density at radius 1 is 1.50 bits per heavy atom. The molecule has 1 aliphatic carbocycles. The van der Waals surface area contributed by atoms with Crippen molar-refractivity contribution in [3.63, 3.8) is 0 Å². The Labute approximate surface area is 94.5 Å². The first-order valence-corrected chi connectivity index (χ1v) is 5.45. The van der Waals surface area contributed by atoms with E-state index in [1.54, 1.807) is 24.3 Å². The summed E-state index contributed by atoms with van der Waals surface area (Å²) in [5.41, 5.74) is 6.00. The molecule has 1 amide bonds. The minimum atomic E-state index is -0.685. The topological polar surface area (TPSA) is 75.4 Å². The number of amides is 1. The molecule has 0 atom stereocenters. The molecule has 1 aromatic carbocycles. The van der Waals surface area contributed by atoms with E-state index in [-0.39, 0.29) is 5.91 Å². The summed E-state index contributed by atoms with van der Waals surface area (Å²) in [6.45, 7) is 0.320. The van der Waals surface area contributed by atoms with E-state index in [4.69, 9.17) is 5.73 Å². The lowest BCUT2D eigenvalue weighted by molar-refractivity contribution is -0.0300. The molecular formula is C12H16N2O2. The molecule has 16 heavy (non-hydrogen) atoms. The fourth-order valence-corrected chi connectivity index (χ4v) is 1.79. The lowest BCUT2D eigenvalue weighted by Gasteiger charge is -2.36. The average molecular weight is 220 g/mol. The van der Waals surface area contributed by atoms with Gasteiger partial charge in [0.1, 0.15) is 0 Å². The quantitative estimate of drug-likeness (QED) is 0.663. The van der Waals surface area contributed by atoms with Crippen LogP contribution < -0.4 is 11.1 Å². The molecule has 0 spiro atoms. The number of rotatable bonds is 3. The van der Waals surface area contributed by atoms with Crippen LogP contribution in [0.4, 0.5) is 5.69 Å². The van der Waals surface area contributed by atoms with Crippen LogP contribution in [0, 0.1) is 0 Å². The molecule has 0 bridgehead atoms. The molecule has 0 unspecified atom stereocenters. The highest BCUT2D eigenvalue weighted by Gasteiger charge is 2.34. The van der Waals surface area contributed by atoms with Crippen molar-refractivity contribution in [1.82, 2.24) is 5.32 Å². The van der Waals surface area contributed by atoms with E-state index in [2.05, 4.69) is 5.32 Å². The first-order valence-electron chi connectivity index (χ1n) is 5.45. The smallest absolute Gasteiger partial charge is 0.251 e. The highest BCUT2D eigenvalue weighted by atomic mass is 16.3. The van der Waals surface area contributed by atoms with Crippen molar-refractivity contribution >= 4 is 11.6 Å². The van der Waals surface area contributed by atoms with Crippen molar-refractivity contribution in [2.24, 2.45) is 0 Å². The number of nitrogens with one attached hydrogen (secondary N) is 1. The van der Waals surface area contributed by atoms with Crippen LogP contribution in [-0.4, -0.2) is 23.2 Å². The highest BCUT2D eigenvalue weighted by Crippen LogP contribution is 2.30. The molecule has 1 saturated carbocycles. The SMILES string of the molecule is Nc1cccc(C(=O)NCC2(O)CCC2)c1. The number of carbonyl (C=O) groups excluding carboxylic acids is 1. The maximum absolute atomic E-state index is 11.7. The first kappa shape index (κ1) is 11.0. The Hall–Kier alpha value is -1.55. The number of benzene rings is 1. The maximum atomic E-state index is 11.7. The molecule has 1 aromatic rings. The lowest BCUT2D eigenvalue weighted by atomic mass is 9.80. The van der Waals surface area contributed by atoms with E-state index in [1.807, 2.05) is 0 Å². The van der Waals surface area contributed by atoms with E-state index in [0.717, 1.165) is 19.3 Å². The number of nitrogen functional groups attached to an aromatic ring is 1. The minimum Gasteiger partial charge on any atom is -0.399 e. The number of nitrogens with two attached hydrogens (primary N) is 1. The predicted octanol–water partition coefficient (Wildman–Crippen LogP) is 0.914. The van der Waals surface area contributed by atoms with Gasteiger partial charge >= 0.3 is 0 Å². The van der Waals surface area contributed by atoms with Crippen LogP contribution in [0.3, 0.4) is 0 Å². The number of hydrogen-bond donors (Lipinski definition) is 3. The van der Waals surface area contributed by atoms with Crippen molar-refractivity contribution in [2.45, 2.75) is 24.9 Å². The second kappa shape index (κ2) is 4.14. The van der Waals surface area contributed by atoms with Gasteiger partial charge in [-0.3, -0.25) is 4.79 Å². The van der Waals surface area contributed by atoms with Gasteiger partial charge in [0.25, 0.3) is 5.91 Å². The van der Waals surface area contributed by atoms with Crippen molar-refractivity contribution in [3.8, 4) is 0 Å². The third-order valence-electron chi connectivity index (χ3n) is 3.01. The summed E-state index contributed by atoms with van der Waals surface area (Å²) in [5.74, 6) is -0.187. The van der Waals surface area contributed by atoms with Crippen molar-refractivity contribution in [1.29, 1.82) is 0 Å². The van der Waals surface area contributed by atoms with Gasteiger partial charge < -0.3 is 16.2 Å². The van der Waals surface area contributed by atoms with Gasteiger partial charge in [-0.1, -0.05) is 6.07 Å². The zero-order valence-corrected chi connectivity index (χ0v) is 9.07. The summed E-state index contributed by atoms with van der Waals surface area (Å²) in [7, 11) is 0. The van der Waals surface area contributed by atoms with Crippen molar-refractivity contribution < 1.29 is 9.90 Å². The summed E-state index contributed by atoms with van der Waals surface area (Å²) < 4.78 is 0. The lowest BCUT2D eigenvalue weighted by Crippen LogP contribution is -2.47. The third kappa shape index (κ3) is 2.33. The molecule has 0 aromatic heterocycles. The Morgan fingerprint density at radius 2 is 2.25 bits per heavy atom.